The van der Waals surface area contributed by atoms with Crippen LogP contribution < -0.4 is 10.5 Å². The third-order valence-electron chi connectivity index (χ3n) is 3.67. The molecule has 0 aromatic heterocycles. The van der Waals surface area contributed by atoms with Gasteiger partial charge in [0.1, 0.15) is 0 Å². The molecule has 1 aromatic rings. The first kappa shape index (κ1) is 15.3. The highest BCUT2D eigenvalue weighted by molar-refractivity contribution is 7.89. The second-order valence-electron chi connectivity index (χ2n) is 5.18. The second-order valence-corrected chi connectivity index (χ2v) is 6.89. The highest BCUT2D eigenvalue weighted by atomic mass is 32.2. The third kappa shape index (κ3) is 3.31. The van der Waals surface area contributed by atoms with Crippen molar-refractivity contribution in [2.45, 2.75) is 50.2 Å². The molecule has 1 heterocycles. The monoisotopic (exact) mass is 298 g/mol. The lowest BCUT2D eigenvalue weighted by atomic mass is 10.1. The second kappa shape index (κ2) is 6.11. The predicted octanol–water partition coefficient (Wildman–Crippen LogP) is 1.68. The maximum atomic E-state index is 12.3. The van der Waals surface area contributed by atoms with E-state index in [4.69, 9.17) is 10.5 Å². The van der Waals surface area contributed by atoms with Crippen molar-refractivity contribution in [2.75, 3.05) is 12.3 Å². The Labute approximate surface area is 120 Å². The number of nitrogens with one attached hydrogen (secondary N) is 1. The van der Waals surface area contributed by atoms with E-state index in [1.165, 1.54) is 6.07 Å². The average molecular weight is 298 g/mol. The lowest BCUT2D eigenvalue weighted by molar-refractivity contribution is 0.0902. The van der Waals surface area contributed by atoms with Gasteiger partial charge in [-0.25, -0.2) is 13.1 Å². The Hall–Kier alpha value is -1.11. The Balaban J connectivity index is 2.15. The van der Waals surface area contributed by atoms with Gasteiger partial charge in [-0.3, -0.25) is 0 Å². The molecule has 2 rings (SSSR count). The fourth-order valence-electron chi connectivity index (χ4n) is 2.45. The van der Waals surface area contributed by atoms with Gasteiger partial charge in [-0.1, -0.05) is 13.0 Å². The number of ether oxygens (including phenoxy) is 1. The van der Waals surface area contributed by atoms with Gasteiger partial charge in [0, 0.05) is 18.3 Å². The molecule has 0 radical (unpaired) electrons. The van der Waals surface area contributed by atoms with Gasteiger partial charge in [0.25, 0.3) is 0 Å². The SMILES string of the molecule is CCc1ccc(S(=O)(=O)NC(C)C2CCCO2)cc1N. The third-order valence-corrected chi connectivity index (χ3v) is 5.23. The minimum Gasteiger partial charge on any atom is -0.398 e. The van der Waals surface area contributed by atoms with E-state index in [0.717, 1.165) is 24.8 Å². The highest BCUT2D eigenvalue weighted by Gasteiger charge is 2.27. The topological polar surface area (TPSA) is 81.4 Å². The lowest BCUT2D eigenvalue weighted by Crippen LogP contribution is -2.40. The largest absolute Gasteiger partial charge is 0.398 e. The molecule has 6 heteroatoms. The molecule has 20 heavy (non-hydrogen) atoms. The zero-order valence-electron chi connectivity index (χ0n) is 11.9. The molecule has 1 aliphatic heterocycles. The summed E-state index contributed by atoms with van der Waals surface area (Å²) in [4.78, 5) is 0.206. The molecule has 0 spiro atoms. The van der Waals surface area contributed by atoms with Crippen LogP contribution in [0.5, 0.6) is 0 Å². The Morgan fingerprint density at radius 3 is 2.80 bits per heavy atom. The number of sulfonamides is 1. The van der Waals surface area contributed by atoms with Gasteiger partial charge < -0.3 is 10.5 Å². The summed E-state index contributed by atoms with van der Waals surface area (Å²) >= 11 is 0. The standard InChI is InChI=1S/C14H22N2O3S/c1-3-11-6-7-12(9-13(11)15)20(17,18)16-10(2)14-5-4-8-19-14/h6-7,9-10,14,16H,3-5,8,15H2,1-2H3. The zero-order chi connectivity index (χ0) is 14.8. The lowest BCUT2D eigenvalue weighted by Gasteiger charge is -2.20. The number of rotatable bonds is 5. The van der Waals surface area contributed by atoms with Crippen LogP contribution in [0.1, 0.15) is 32.3 Å². The fraction of sp³-hybridized carbons (Fsp3) is 0.571. The molecule has 0 aliphatic carbocycles. The fourth-order valence-corrected chi connectivity index (χ4v) is 3.75. The summed E-state index contributed by atoms with van der Waals surface area (Å²) in [5.74, 6) is 0. The van der Waals surface area contributed by atoms with Crippen LogP contribution in [-0.2, 0) is 21.2 Å². The Bertz CT molecular complexity index is 566. The van der Waals surface area contributed by atoms with E-state index in [1.807, 2.05) is 13.8 Å². The minimum atomic E-state index is -3.55. The van der Waals surface area contributed by atoms with E-state index < -0.39 is 10.0 Å². The van der Waals surface area contributed by atoms with Crippen LogP contribution in [0, 0.1) is 0 Å². The number of nitrogen functional groups attached to an aromatic ring is 1. The minimum absolute atomic E-state index is 0.0444. The molecule has 112 valence electrons. The molecule has 1 aliphatic rings. The number of anilines is 1. The first-order valence-corrected chi connectivity index (χ1v) is 8.44. The van der Waals surface area contributed by atoms with Gasteiger partial charge in [-0.2, -0.15) is 0 Å². The molecule has 1 fully saturated rings. The predicted molar refractivity (Wildman–Crippen MR) is 79.0 cm³/mol. The molecule has 5 nitrogen and oxygen atoms in total. The quantitative estimate of drug-likeness (QED) is 0.810. The van der Waals surface area contributed by atoms with Crippen LogP contribution in [0.25, 0.3) is 0 Å². The number of hydrogen-bond donors (Lipinski definition) is 2. The smallest absolute Gasteiger partial charge is 0.240 e. The number of nitrogens with two attached hydrogens (primary N) is 1. The molecule has 2 atom stereocenters. The molecular formula is C14H22N2O3S. The first-order chi connectivity index (χ1) is 9.44. The molecule has 1 aromatic carbocycles. The summed E-state index contributed by atoms with van der Waals surface area (Å²) in [6, 6.07) is 4.64. The van der Waals surface area contributed by atoms with Crippen molar-refractivity contribution in [3.05, 3.63) is 23.8 Å². The van der Waals surface area contributed by atoms with Gasteiger partial charge in [-0.05, 0) is 43.9 Å². The van der Waals surface area contributed by atoms with E-state index in [2.05, 4.69) is 4.72 Å². The first-order valence-electron chi connectivity index (χ1n) is 6.96. The molecule has 0 amide bonds. The van der Waals surface area contributed by atoms with E-state index >= 15 is 0 Å². The van der Waals surface area contributed by atoms with Gasteiger partial charge in [-0.15, -0.1) is 0 Å². The summed E-state index contributed by atoms with van der Waals surface area (Å²) in [6.07, 6.45) is 2.61. The van der Waals surface area contributed by atoms with E-state index in [0.29, 0.717) is 12.3 Å². The number of benzene rings is 1. The van der Waals surface area contributed by atoms with Crippen molar-refractivity contribution in [1.82, 2.24) is 4.72 Å². The Morgan fingerprint density at radius 1 is 1.50 bits per heavy atom. The maximum Gasteiger partial charge on any atom is 0.240 e. The van der Waals surface area contributed by atoms with Crippen molar-refractivity contribution in [1.29, 1.82) is 0 Å². The van der Waals surface area contributed by atoms with Crippen LogP contribution in [0.15, 0.2) is 23.1 Å². The maximum absolute atomic E-state index is 12.3. The Kier molecular flexibility index (Phi) is 4.67. The van der Waals surface area contributed by atoms with Crippen molar-refractivity contribution in [2.24, 2.45) is 0 Å². The van der Waals surface area contributed by atoms with E-state index in [9.17, 15) is 8.42 Å². The Morgan fingerprint density at radius 2 is 2.25 bits per heavy atom. The zero-order valence-corrected chi connectivity index (χ0v) is 12.7. The summed E-state index contributed by atoms with van der Waals surface area (Å²) in [6.45, 7) is 4.52. The van der Waals surface area contributed by atoms with E-state index in [1.54, 1.807) is 12.1 Å². The molecule has 0 saturated carbocycles. The van der Waals surface area contributed by atoms with E-state index in [-0.39, 0.29) is 17.0 Å². The van der Waals surface area contributed by atoms with Crippen LogP contribution >= 0.6 is 0 Å². The van der Waals surface area contributed by atoms with Crippen LogP contribution in [-0.4, -0.2) is 27.2 Å². The summed E-state index contributed by atoms with van der Waals surface area (Å²) in [7, 11) is -3.55. The summed E-state index contributed by atoms with van der Waals surface area (Å²) < 4.78 is 32.8. The molecular weight excluding hydrogens is 276 g/mol. The van der Waals surface area contributed by atoms with Crippen molar-refractivity contribution >= 4 is 15.7 Å². The van der Waals surface area contributed by atoms with Gasteiger partial charge >= 0.3 is 0 Å². The normalized spacial score (nSPS) is 21.0. The number of aryl methyl sites for hydroxylation is 1. The van der Waals surface area contributed by atoms with Gasteiger partial charge in [0.15, 0.2) is 0 Å². The molecule has 0 bridgehead atoms. The van der Waals surface area contributed by atoms with Crippen molar-refractivity contribution in [3.63, 3.8) is 0 Å². The number of hydrogen-bond acceptors (Lipinski definition) is 4. The van der Waals surface area contributed by atoms with Crippen molar-refractivity contribution in [3.8, 4) is 0 Å². The molecule has 2 unspecified atom stereocenters. The summed E-state index contributed by atoms with van der Waals surface area (Å²) in [5, 5.41) is 0. The van der Waals surface area contributed by atoms with Gasteiger partial charge in [0.05, 0.1) is 11.0 Å². The summed E-state index contributed by atoms with van der Waals surface area (Å²) in [5.41, 5.74) is 7.33. The molecule has 1 saturated heterocycles. The van der Waals surface area contributed by atoms with Gasteiger partial charge in [0.2, 0.25) is 10.0 Å². The average Bonchev–Trinajstić information content (AvgIpc) is 2.92. The molecule has 3 N–H and O–H groups in total. The highest BCUT2D eigenvalue weighted by Crippen LogP contribution is 2.21. The van der Waals surface area contributed by atoms with Crippen LogP contribution in [0.3, 0.4) is 0 Å². The van der Waals surface area contributed by atoms with Crippen LogP contribution in [0.4, 0.5) is 5.69 Å². The van der Waals surface area contributed by atoms with Crippen molar-refractivity contribution < 1.29 is 13.2 Å². The van der Waals surface area contributed by atoms with Crippen LogP contribution in [0.2, 0.25) is 0 Å².